The lowest BCUT2D eigenvalue weighted by atomic mass is 9.77. The quantitative estimate of drug-likeness (QED) is 0.105. The van der Waals surface area contributed by atoms with Crippen LogP contribution in [0, 0.1) is 23.2 Å². The van der Waals surface area contributed by atoms with Crippen molar-refractivity contribution in [1.29, 1.82) is 0 Å². The van der Waals surface area contributed by atoms with Crippen LogP contribution in [0.3, 0.4) is 0 Å². The van der Waals surface area contributed by atoms with Gasteiger partial charge in [0.2, 0.25) is 0 Å². The van der Waals surface area contributed by atoms with Gasteiger partial charge in [-0.15, -0.1) is 0 Å². The molecule has 0 bridgehead atoms. The largest absolute Gasteiger partial charge is 0.509 e. The molecule has 5 rings (SSSR count). The van der Waals surface area contributed by atoms with E-state index in [4.69, 9.17) is 49.5 Å². The van der Waals surface area contributed by atoms with Gasteiger partial charge in [0.05, 0.1) is 35.9 Å². The van der Waals surface area contributed by atoms with Crippen molar-refractivity contribution in [1.82, 2.24) is 20.7 Å². The first-order valence-electron chi connectivity index (χ1n) is 23.5. The summed E-state index contributed by atoms with van der Waals surface area (Å²) in [6.45, 7) is 18.8. The van der Waals surface area contributed by atoms with E-state index in [-0.39, 0.29) is 36.9 Å². The van der Waals surface area contributed by atoms with Crippen molar-refractivity contribution in [3.63, 3.8) is 0 Å². The first-order valence-corrected chi connectivity index (χ1v) is 23.9. The van der Waals surface area contributed by atoms with Crippen LogP contribution < -0.4 is 10.9 Å². The van der Waals surface area contributed by atoms with Gasteiger partial charge >= 0.3 is 18.2 Å². The number of benzene rings is 1. The molecule has 4 aliphatic rings. The fourth-order valence-corrected chi connectivity index (χ4v) is 10.3. The number of ether oxygens (including phenoxy) is 8. The van der Waals surface area contributed by atoms with Gasteiger partial charge in [-0.25, -0.2) is 15.0 Å². The van der Waals surface area contributed by atoms with Crippen LogP contribution in [-0.4, -0.2) is 157 Å². The van der Waals surface area contributed by atoms with Gasteiger partial charge in [0.25, 0.3) is 5.91 Å². The van der Waals surface area contributed by atoms with Gasteiger partial charge in [-0.1, -0.05) is 58.4 Å². The molecular formula is C48H75ClN4O14. The summed E-state index contributed by atoms with van der Waals surface area (Å²) in [5.41, 5.74) is 2.96. The molecule has 2 amide bonds. The summed E-state index contributed by atoms with van der Waals surface area (Å²) >= 11 is 5.94. The van der Waals surface area contributed by atoms with E-state index in [0.717, 1.165) is 5.56 Å². The number of halogens is 1. The van der Waals surface area contributed by atoms with E-state index in [1.807, 2.05) is 79.4 Å². The lowest BCUT2D eigenvalue weighted by Gasteiger charge is -2.49. The Balaban J connectivity index is 1.43. The van der Waals surface area contributed by atoms with Crippen LogP contribution in [0.25, 0.3) is 6.08 Å². The number of likely N-dealkylation sites (N-methyl/N-ethyl adjacent to an activating group) is 2. The number of fused-ring (bicyclic) bond motifs is 1. The zero-order chi connectivity index (χ0) is 49.7. The molecule has 18 nitrogen and oxygen atoms in total. The van der Waals surface area contributed by atoms with Gasteiger partial charge in [-0.2, -0.15) is 0 Å². The molecule has 0 aliphatic carbocycles. The van der Waals surface area contributed by atoms with Crippen molar-refractivity contribution in [2.75, 3.05) is 27.7 Å². The standard InChI is InChI=1S/C48H75ClN4O14/c1-14-34-40-39(64-46(58)65-40)29(6)53(13)24-25(2)22-48(10,59)41(66-44-37(55)33(52(11)12)21-26(3)60-44)27(4)38(28(5)43(56)62-34)63-36-23-47(8,9)42(30(7)61-36)67-45(57)51-50-35(54)20-17-31-15-18-32(49)19-16-31/h15-20,25-30,33-34,36-42,44,55,59H,14,21-24H2,1-13H3,(H,50,54)(H,51,57)/b20-17+/t25-,26-,27+,28-,29-,30+,33+,34-,36+,37-,38+,39-,40+,41-,42+,44+,48+/m1/s1. The number of amides is 2. The second-order valence-electron chi connectivity index (χ2n) is 20.3. The lowest BCUT2D eigenvalue weighted by molar-refractivity contribution is -0.312. The summed E-state index contributed by atoms with van der Waals surface area (Å²) in [5.74, 6) is -3.23. The molecule has 1 aromatic carbocycles. The van der Waals surface area contributed by atoms with E-state index in [0.29, 0.717) is 24.4 Å². The minimum atomic E-state index is -1.60. The Kier molecular flexibility index (Phi) is 18.6. The first-order chi connectivity index (χ1) is 31.3. The SMILES string of the molecule is CC[C@H]1OC(=O)[C@H](C)[C@@H](O[C@H]2CC(C)(C)[C@@H](OC(=O)NNC(=O)/C=C/c3ccc(Cl)cc3)[C@H](C)O2)[C@H](C)[C@@H](O[C@@H]2O[C@H](C)C[C@H](N(C)C)[C@H]2O)[C@@](C)(O)C[C@@H](C)CN(C)[C@H](C)[C@H]2OC(=O)O[C@H]21. The number of rotatable bonds is 9. The number of aliphatic hydroxyl groups is 2. The predicted octanol–water partition coefficient (Wildman–Crippen LogP) is 5.45. The second kappa shape index (κ2) is 22.9. The fourth-order valence-electron chi connectivity index (χ4n) is 10.2. The van der Waals surface area contributed by atoms with Crippen LogP contribution >= 0.6 is 11.6 Å². The van der Waals surface area contributed by atoms with Crippen LogP contribution in [-0.2, 0) is 47.5 Å². The predicted molar refractivity (Wildman–Crippen MR) is 247 cm³/mol. The third-order valence-electron chi connectivity index (χ3n) is 13.8. The summed E-state index contributed by atoms with van der Waals surface area (Å²) in [6.07, 6.45) is -7.40. The van der Waals surface area contributed by atoms with Gasteiger partial charge in [0.1, 0.15) is 18.3 Å². The molecule has 0 unspecified atom stereocenters. The van der Waals surface area contributed by atoms with Crippen LogP contribution in [0.4, 0.5) is 9.59 Å². The number of hydrogen-bond donors (Lipinski definition) is 4. The molecule has 67 heavy (non-hydrogen) atoms. The molecule has 1 aromatic rings. The van der Waals surface area contributed by atoms with Crippen molar-refractivity contribution < 1.29 is 67.3 Å². The molecule has 4 saturated heterocycles. The van der Waals surface area contributed by atoms with Crippen molar-refractivity contribution in [3.8, 4) is 0 Å². The van der Waals surface area contributed by atoms with Crippen molar-refractivity contribution in [3.05, 3.63) is 40.9 Å². The zero-order valence-electron chi connectivity index (χ0n) is 41.3. The van der Waals surface area contributed by atoms with Crippen LogP contribution in [0.1, 0.15) is 100 Å². The maximum Gasteiger partial charge on any atom is 0.509 e. The molecule has 17 atom stereocenters. The van der Waals surface area contributed by atoms with Crippen molar-refractivity contribution >= 4 is 41.8 Å². The number of nitrogens with zero attached hydrogens (tertiary/aromatic N) is 2. The molecule has 4 fully saturated rings. The Morgan fingerprint density at radius 1 is 0.940 bits per heavy atom. The van der Waals surface area contributed by atoms with E-state index in [1.165, 1.54) is 6.08 Å². The summed E-state index contributed by atoms with van der Waals surface area (Å²) in [6, 6.07) is 6.20. The smallest absolute Gasteiger partial charge is 0.458 e. The minimum absolute atomic E-state index is 0.152. The number of carbonyl (C=O) groups is 4. The van der Waals surface area contributed by atoms with Crippen LogP contribution in [0.2, 0.25) is 5.02 Å². The van der Waals surface area contributed by atoms with Gasteiger partial charge < -0.3 is 53.0 Å². The zero-order valence-corrected chi connectivity index (χ0v) is 42.1. The highest BCUT2D eigenvalue weighted by Crippen LogP contribution is 2.42. The Hall–Kier alpha value is -3.59. The maximum atomic E-state index is 14.5. The number of nitrogens with one attached hydrogen (secondary N) is 2. The van der Waals surface area contributed by atoms with E-state index >= 15 is 0 Å². The van der Waals surface area contributed by atoms with Gasteiger partial charge in [-0.3, -0.25) is 19.9 Å². The summed E-state index contributed by atoms with van der Waals surface area (Å²) in [4.78, 5) is 56.7. The van der Waals surface area contributed by atoms with Gasteiger partial charge in [0, 0.05) is 47.5 Å². The van der Waals surface area contributed by atoms with Gasteiger partial charge in [0.15, 0.2) is 24.8 Å². The monoisotopic (exact) mass is 966 g/mol. The second-order valence-corrected chi connectivity index (χ2v) is 20.7. The highest BCUT2D eigenvalue weighted by molar-refractivity contribution is 6.30. The molecule has 19 heteroatoms. The fraction of sp³-hybridized carbons (Fsp3) is 0.750. The molecule has 378 valence electrons. The van der Waals surface area contributed by atoms with Gasteiger partial charge in [-0.05, 0) is 105 Å². The number of hydrazine groups is 1. The number of esters is 1. The molecule has 0 aromatic heterocycles. The molecule has 0 radical (unpaired) electrons. The van der Waals surface area contributed by atoms with E-state index in [2.05, 4.69) is 10.9 Å². The Bertz CT molecular complexity index is 1870. The lowest BCUT2D eigenvalue weighted by Crippen LogP contribution is -2.60. The average molecular weight is 968 g/mol. The number of carbonyl (C=O) groups excluding carboxylic acids is 4. The average Bonchev–Trinajstić information content (AvgIpc) is 3.64. The molecule has 4 heterocycles. The number of cyclic esters (lactones) is 1. The Labute approximate surface area is 400 Å². The van der Waals surface area contributed by atoms with Crippen LogP contribution in [0.5, 0.6) is 0 Å². The van der Waals surface area contributed by atoms with Crippen molar-refractivity contribution in [2.45, 2.75) is 180 Å². The van der Waals surface area contributed by atoms with E-state index in [9.17, 15) is 29.4 Å². The first kappa shape index (κ1) is 54.4. The normalized spacial score (nSPS) is 39.0. The molecule has 4 N–H and O–H groups in total. The Morgan fingerprint density at radius 3 is 2.22 bits per heavy atom. The third-order valence-corrected chi connectivity index (χ3v) is 14.0. The maximum absolute atomic E-state index is 14.5. The summed E-state index contributed by atoms with van der Waals surface area (Å²) in [5, 5.41) is 25.0. The molecule has 0 saturated carbocycles. The van der Waals surface area contributed by atoms with Crippen molar-refractivity contribution in [2.24, 2.45) is 23.2 Å². The van der Waals surface area contributed by atoms with E-state index < -0.39 is 108 Å². The number of aliphatic hydroxyl groups excluding tert-OH is 1. The summed E-state index contributed by atoms with van der Waals surface area (Å²) < 4.78 is 49.8. The molecule has 4 aliphatic heterocycles. The van der Waals surface area contributed by atoms with E-state index in [1.54, 1.807) is 51.1 Å². The molecule has 0 spiro atoms. The highest BCUT2D eigenvalue weighted by Gasteiger charge is 2.53. The topological polar surface area (TPSA) is 213 Å². The molecular weight excluding hydrogens is 892 g/mol. The summed E-state index contributed by atoms with van der Waals surface area (Å²) in [7, 11) is 5.65. The number of hydrogen-bond acceptors (Lipinski definition) is 16. The minimum Gasteiger partial charge on any atom is -0.458 e. The van der Waals surface area contributed by atoms with Crippen LogP contribution in [0.15, 0.2) is 30.3 Å². The third kappa shape index (κ3) is 13.8. The Morgan fingerprint density at radius 2 is 1.60 bits per heavy atom. The highest BCUT2D eigenvalue weighted by atomic mass is 35.5.